The van der Waals surface area contributed by atoms with E-state index in [1.54, 1.807) is 0 Å². The first-order valence-electron chi connectivity index (χ1n) is 5.60. The van der Waals surface area contributed by atoms with Gasteiger partial charge in [-0.15, -0.1) is 0 Å². The number of rotatable bonds is 3. The Hall–Kier alpha value is -2.10. The van der Waals surface area contributed by atoms with Crippen LogP contribution < -0.4 is 4.72 Å². The number of halogens is 3. The smallest absolute Gasteiger partial charge is 0.338 e. The summed E-state index contributed by atoms with van der Waals surface area (Å²) in [6.07, 6.45) is -4.64. The normalized spacial score (nSPS) is 12.4. The van der Waals surface area contributed by atoms with E-state index in [4.69, 9.17) is 0 Å². The predicted molar refractivity (Wildman–Crippen MR) is 66.0 cm³/mol. The molecule has 0 aliphatic carbocycles. The van der Waals surface area contributed by atoms with Crippen molar-refractivity contribution in [2.45, 2.75) is 24.9 Å². The van der Waals surface area contributed by atoms with Gasteiger partial charge in [-0.2, -0.15) is 18.2 Å². The van der Waals surface area contributed by atoms with Gasteiger partial charge in [-0.1, -0.05) is 6.07 Å². The number of aromatic nitrogens is 2. The van der Waals surface area contributed by atoms with Gasteiger partial charge < -0.3 is 4.52 Å². The van der Waals surface area contributed by atoms with Crippen molar-refractivity contribution >= 4 is 16.0 Å². The summed E-state index contributed by atoms with van der Waals surface area (Å²) in [5.41, 5.74) is -1.09. The van der Waals surface area contributed by atoms with Crippen molar-refractivity contribution in [3.63, 3.8) is 0 Å². The van der Waals surface area contributed by atoms with Gasteiger partial charge in [-0.05, 0) is 29.8 Å². The third kappa shape index (κ3) is 3.32. The summed E-state index contributed by atoms with van der Waals surface area (Å²) < 4.78 is 68.9. The zero-order valence-electron chi connectivity index (χ0n) is 10.9. The van der Waals surface area contributed by atoms with Crippen molar-refractivity contribution in [3.05, 3.63) is 35.2 Å². The maximum atomic E-state index is 12.8. The van der Waals surface area contributed by atoms with Crippen LogP contribution in [0.4, 0.5) is 19.1 Å². The average molecular weight is 321 g/mol. The molecule has 0 aliphatic rings. The summed E-state index contributed by atoms with van der Waals surface area (Å²) in [6, 6.07) is 2.71. The maximum Gasteiger partial charge on any atom is 0.416 e. The highest BCUT2D eigenvalue weighted by molar-refractivity contribution is 7.92. The van der Waals surface area contributed by atoms with Gasteiger partial charge in [0.25, 0.3) is 16.0 Å². The van der Waals surface area contributed by atoms with Crippen molar-refractivity contribution in [3.8, 4) is 0 Å². The summed E-state index contributed by atoms with van der Waals surface area (Å²) in [6.45, 7) is 2.69. The summed E-state index contributed by atoms with van der Waals surface area (Å²) in [5, 5.41) is 3.32. The van der Waals surface area contributed by atoms with Crippen molar-refractivity contribution < 1.29 is 26.1 Å². The van der Waals surface area contributed by atoms with Crippen molar-refractivity contribution in [1.82, 2.24) is 10.1 Å². The molecule has 114 valence electrons. The van der Waals surface area contributed by atoms with E-state index in [-0.39, 0.29) is 17.4 Å². The highest BCUT2D eigenvalue weighted by Crippen LogP contribution is 2.33. The summed E-state index contributed by atoms with van der Waals surface area (Å²) in [7, 11) is -4.23. The monoisotopic (exact) mass is 321 g/mol. The fourth-order valence-corrected chi connectivity index (χ4v) is 2.55. The van der Waals surface area contributed by atoms with Gasteiger partial charge in [0.2, 0.25) is 5.89 Å². The molecule has 0 radical (unpaired) electrons. The molecule has 0 atom stereocenters. The zero-order valence-corrected chi connectivity index (χ0v) is 11.7. The lowest BCUT2D eigenvalue weighted by molar-refractivity contribution is -0.138. The minimum absolute atomic E-state index is 0.0724. The van der Waals surface area contributed by atoms with Gasteiger partial charge in [0, 0.05) is 6.92 Å². The first kappa shape index (κ1) is 15.3. The van der Waals surface area contributed by atoms with E-state index in [0.29, 0.717) is 6.07 Å². The summed E-state index contributed by atoms with van der Waals surface area (Å²) in [5.74, 6) is -0.228. The predicted octanol–water partition coefficient (Wildman–Crippen LogP) is 2.51. The fourth-order valence-electron chi connectivity index (χ4n) is 1.59. The van der Waals surface area contributed by atoms with Gasteiger partial charge in [0.15, 0.2) is 0 Å². The molecular weight excluding hydrogens is 311 g/mol. The zero-order chi connectivity index (χ0) is 15.8. The first-order valence-corrected chi connectivity index (χ1v) is 7.09. The molecule has 1 N–H and O–H groups in total. The SMILES string of the molecule is Cc1nc(NS(=O)(=O)c2ccc(C)c(C(F)(F)F)c2)no1. The molecule has 1 heterocycles. The van der Waals surface area contributed by atoms with E-state index in [9.17, 15) is 21.6 Å². The molecule has 0 spiro atoms. The lowest BCUT2D eigenvalue weighted by Gasteiger charge is -2.12. The maximum absolute atomic E-state index is 12.8. The Morgan fingerprint density at radius 3 is 2.43 bits per heavy atom. The van der Waals surface area contributed by atoms with Crippen molar-refractivity contribution in [2.24, 2.45) is 0 Å². The Bertz CT molecular complexity index is 769. The topological polar surface area (TPSA) is 85.1 Å². The fraction of sp³-hybridized carbons (Fsp3) is 0.273. The molecule has 0 saturated carbocycles. The van der Waals surface area contributed by atoms with Crippen LogP contribution in [0, 0.1) is 13.8 Å². The van der Waals surface area contributed by atoms with Crippen LogP contribution in [0.5, 0.6) is 0 Å². The number of nitrogens with zero attached hydrogens (tertiary/aromatic N) is 2. The van der Waals surface area contributed by atoms with Gasteiger partial charge in [-0.3, -0.25) is 0 Å². The molecule has 0 amide bonds. The minimum Gasteiger partial charge on any atom is -0.338 e. The Morgan fingerprint density at radius 2 is 1.90 bits per heavy atom. The number of benzene rings is 1. The molecule has 0 saturated heterocycles. The van der Waals surface area contributed by atoms with E-state index < -0.39 is 26.7 Å². The average Bonchev–Trinajstić information content (AvgIpc) is 2.72. The Kier molecular flexibility index (Phi) is 3.66. The molecular formula is C11H10F3N3O3S. The Balaban J connectivity index is 2.41. The van der Waals surface area contributed by atoms with Crippen LogP contribution >= 0.6 is 0 Å². The van der Waals surface area contributed by atoms with Crippen LogP contribution in [0.2, 0.25) is 0 Å². The van der Waals surface area contributed by atoms with Crippen molar-refractivity contribution in [2.75, 3.05) is 4.72 Å². The molecule has 0 unspecified atom stereocenters. The van der Waals surface area contributed by atoms with Crippen LogP contribution in [0.25, 0.3) is 0 Å². The van der Waals surface area contributed by atoms with Crippen LogP contribution in [0.3, 0.4) is 0 Å². The lowest BCUT2D eigenvalue weighted by atomic mass is 10.1. The molecule has 21 heavy (non-hydrogen) atoms. The van der Waals surface area contributed by atoms with Crippen LogP contribution in [0.1, 0.15) is 17.0 Å². The number of hydrogen-bond donors (Lipinski definition) is 1. The van der Waals surface area contributed by atoms with Crippen LogP contribution in [0.15, 0.2) is 27.6 Å². The third-order valence-corrected chi connectivity index (χ3v) is 3.90. The largest absolute Gasteiger partial charge is 0.416 e. The number of hydrogen-bond acceptors (Lipinski definition) is 5. The van der Waals surface area contributed by atoms with E-state index in [2.05, 4.69) is 14.7 Å². The van der Waals surface area contributed by atoms with E-state index >= 15 is 0 Å². The van der Waals surface area contributed by atoms with Gasteiger partial charge in [-0.25, -0.2) is 13.1 Å². The second-order valence-electron chi connectivity index (χ2n) is 4.22. The molecule has 0 fully saturated rings. The lowest BCUT2D eigenvalue weighted by Crippen LogP contribution is -2.16. The van der Waals surface area contributed by atoms with Crippen molar-refractivity contribution in [1.29, 1.82) is 0 Å². The Labute approximate surface area is 118 Å². The molecule has 0 bridgehead atoms. The number of aryl methyl sites for hydroxylation is 2. The third-order valence-electron chi connectivity index (χ3n) is 2.58. The standard InChI is InChI=1S/C11H10F3N3O3S/c1-6-3-4-8(5-9(6)11(12,13)14)21(18,19)17-10-15-7(2)20-16-10/h3-5H,1-2H3,(H,16,17). The number of sulfonamides is 1. The minimum atomic E-state index is -4.64. The number of alkyl halides is 3. The first-order chi connectivity index (χ1) is 9.59. The molecule has 2 rings (SSSR count). The quantitative estimate of drug-likeness (QED) is 0.939. The van der Waals surface area contributed by atoms with E-state index in [0.717, 1.165) is 12.1 Å². The molecule has 0 aliphatic heterocycles. The molecule has 10 heteroatoms. The van der Waals surface area contributed by atoms with Gasteiger partial charge in [0.1, 0.15) is 0 Å². The van der Waals surface area contributed by atoms with Gasteiger partial charge >= 0.3 is 6.18 Å². The summed E-state index contributed by atoms with van der Waals surface area (Å²) >= 11 is 0. The Morgan fingerprint density at radius 1 is 1.24 bits per heavy atom. The number of anilines is 1. The molecule has 1 aromatic carbocycles. The van der Waals surface area contributed by atoms with Crippen LogP contribution in [-0.4, -0.2) is 18.6 Å². The molecule has 1 aromatic heterocycles. The molecule has 2 aromatic rings. The van der Waals surface area contributed by atoms with Gasteiger partial charge in [0.05, 0.1) is 10.5 Å². The molecule has 6 nitrogen and oxygen atoms in total. The van der Waals surface area contributed by atoms with E-state index in [1.165, 1.54) is 13.8 Å². The second kappa shape index (κ2) is 5.02. The van der Waals surface area contributed by atoms with Crippen LogP contribution in [-0.2, 0) is 16.2 Å². The number of nitrogens with one attached hydrogen (secondary N) is 1. The van der Waals surface area contributed by atoms with E-state index in [1.807, 2.05) is 4.72 Å². The highest BCUT2D eigenvalue weighted by Gasteiger charge is 2.33. The summed E-state index contributed by atoms with van der Waals surface area (Å²) in [4.78, 5) is 3.08. The highest BCUT2D eigenvalue weighted by atomic mass is 32.2. The second-order valence-corrected chi connectivity index (χ2v) is 5.90.